The van der Waals surface area contributed by atoms with Gasteiger partial charge in [-0.25, -0.2) is 0 Å². The summed E-state index contributed by atoms with van der Waals surface area (Å²) in [6, 6.07) is 7.98. The third-order valence-corrected chi connectivity index (χ3v) is 3.57. The van der Waals surface area contributed by atoms with Gasteiger partial charge >= 0.3 is 0 Å². The molecule has 0 bridgehead atoms. The zero-order valence-corrected chi connectivity index (χ0v) is 12.8. The van der Waals surface area contributed by atoms with Crippen LogP contribution >= 0.6 is 0 Å². The number of ether oxygens (including phenoxy) is 1. The van der Waals surface area contributed by atoms with Crippen LogP contribution in [0.15, 0.2) is 29.4 Å². The highest BCUT2D eigenvalue weighted by molar-refractivity contribution is 5.94. The topological polar surface area (TPSA) is 59.9 Å². The number of oxime groups is 1. The molecule has 1 N–H and O–H groups in total. The zero-order valence-electron chi connectivity index (χ0n) is 12.8. The highest BCUT2D eigenvalue weighted by Gasteiger charge is 2.28. The molecule has 0 radical (unpaired) electrons. The average molecular weight is 290 g/mol. The Balaban J connectivity index is 1.88. The largest absolute Gasteiger partial charge is 0.497 e. The van der Waals surface area contributed by atoms with E-state index in [1.165, 1.54) is 0 Å². The Morgan fingerprint density at radius 1 is 1.57 bits per heavy atom. The van der Waals surface area contributed by atoms with Crippen molar-refractivity contribution in [1.82, 2.24) is 5.32 Å². The van der Waals surface area contributed by atoms with E-state index >= 15 is 0 Å². The fourth-order valence-electron chi connectivity index (χ4n) is 2.13. The molecule has 0 saturated carbocycles. The summed E-state index contributed by atoms with van der Waals surface area (Å²) in [5, 5.41) is 6.95. The van der Waals surface area contributed by atoms with Crippen LogP contribution in [-0.2, 0) is 16.1 Å². The second kappa shape index (κ2) is 7.11. The van der Waals surface area contributed by atoms with E-state index in [-0.39, 0.29) is 11.9 Å². The van der Waals surface area contributed by atoms with E-state index in [4.69, 9.17) is 9.57 Å². The van der Waals surface area contributed by atoms with Crippen molar-refractivity contribution in [1.29, 1.82) is 0 Å². The van der Waals surface area contributed by atoms with Gasteiger partial charge in [-0.1, -0.05) is 24.2 Å². The molecule has 0 spiro atoms. The SMILES string of the molecule is CCC(C)NC(=O)C1CC(Cc2cccc(OC)c2)=NO1. The van der Waals surface area contributed by atoms with Crippen molar-refractivity contribution in [2.24, 2.45) is 5.16 Å². The molecule has 0 aromatic heterocycles. The third kappa shape index (κ3) is 4.21. The molecule has 2 rings (SSSR count). The van der Waals surface area contributed by atoms with Gasteiger partial charge in [0.25, 0.3) is 5.91 Å². The van der Waals surface area contributed by atoms with Crippen molar-refractivity contribution in [2.75, 3.05) is 7.11 Å². The third-order valence-electron chi connectivity index (χ3n) is 3.57. The molecule has 1 amide bonds. The Hall–Kier alpha value is -2.04. The van der Waals surface area contributed by atoms with Gasteiger partial charge < -0.3 is 14.9 Å². The number of rotatable bonds is 6. The zero-order chi connectivity index (χ0) is 15.2. The minimum atomic E-state index is -0.500. The number of methoxy groups -OCH3 is 1. The van der Waals surface area contributed by atoms with E-state index in [2.05, 4.69) is 10.5 Å². The standard InChI is InChI=1S/C16H22N2O3/c1-4-11(2)17-16(19)15-10-13(18-21-15)8-12-6-5-7-14(9-12)20-3/h5-7,9,11,15H,4,8,10H2,1-3H3,(H,17,19). The maximum atomic E-state index is 12.0. The summed E-state index contributed by atoms with van der Waals surface area (Å²) in [5.74, 6) is 0.729. The van der Waals surface area contributed by atoms with Gasteiger partial charge in [-0.05, 0) is 31.0 Å². The minimum absolute atomic E-state index is 0.0891. The fourth-order valence-corrected chi connectivity index (χ4v) is 2.13. The molecule has 1 aromatic carbocycles. The summed E-state index contributed by atoms with van der Waals surface area (Å²) in [7, 11) is 1.64. The van der Waals surface area contributed by atoms with Crippen LogP contribution in [0.1, 0.15) is 32.3 Å². The van der Waals surface area contributed by atoms with Gasteiger partial charge in [0.2, 0.25) is 6.10 Å². The van der Waals surface area contributed by atoms with E-state index < -0.39 is 6.10 Å². The van der Waals surface area contributed by atoms with Gasteiger partial charge in [0.1, 0.15) is 5.75 Å². The summed E-state index contributed by atoms with van der Waals surface area (Å²) >= 11 is 0. The van der Waals surface area contributed by atoms with Crippen molar-refractivity contribution in [2.45, 2.75) is 45.3 Å². The predicted molar refractivity (Wildman–Crippen MR) is 81.5 cm³/mol. The van der Waals surface area contributed by atoms with Crippen LogP contribution in [0.4, 0.5) is 0 Å². The van der Waals surface area contributed by atoms with Gasteiger partial charge in [-0.2, -0.15) is 0 Å². The number of nitrogens with one attached hydrogen (secondary N) is 1. The number of hydrogen-bond donors (Lipinski definition) is 1. The van der Waals surface area contributed by atoms with Crippen LogP contribution in [0.25, 0.3) is 0 Å². The van der Waals surface area contributed by atoms with Crippen molar-refractivity contribution < 1.29 is 14.4 Å². The second-order valence-electron chi connectivity index (χ2n) is 5.30. The van der Waals surface area contributed by atoms with Crippen molar-refractivity contribution in [3.63, 3.8) is 0 Å². The molecule has 0 saturated heterocycles. The number of carbonyl (C=O) groups excluding carboxylic acids is 1. The molecule has 2 unspecified atom stereocenters. The molecule has 1 aliphatic heterocycles. The van der Waals surface area contributed by atoms with E-state index in [1.54, 1.807) is 7.11 Å². The lowest BCUT2D eigenvalue weighted by atomic mass is 10.0. The first-order valence-corrected chi connectivity index (χ1v) is 7.27. The van der Waals surface area contributed by atoms with Crippen LogP contribution in [0, 0.1) is 0 Å². The van der Waals surface area contributed by atoms with E-state index in [9.17, 15) is 4.79 Å². The van der Waals surface area contributed by atoms with Gasteiger partial charge in [-0.3, -0.25) is 4.79 Å². The Kier molecular flexibility index (Phi) is 5.20. The van der Waals surface area contributed by atoms with Crippen LogP contribution in [0.3, 0.4) is 0 Å². The lowest BCUT2D eigenvalue weighted by Gasteiger charge is -2.14. The Morgan fingerprint density at radius 2 is 2.38 bits per heavy atom. The Morgan fingerprint density at radius 3 is 3.10 bits per heavy atom. The van der Waals surface area contributed by atoms with Gasteiger partial charge in [0.15, 0.2) is 0 Å². The molecule has 1 aliphatic rings. The van der Waals surface area contributed by atoms with Crippen LogP contribution in [-0.4, -0.2) is 30.9 Å². The molecular weight excluding hydrogens is 268 g/mol. The maximum Gasteiger partial charge on any atom is 0.264 e. The number of benzene rings is 1. The minimum Gasteiger partial charge on any atom is -0.497 e. The number of carbonyl (C=O) groups is 1. The van der Waals surface area contributed by atoms with E-state index in [0.717, 1.165) is 23.4 Å². The van der Waals surface area contributed by atoms with Crippen molar-refractivity contribution >= 4 is 11.6 Å². The van der Waals surface area contributed by atoms with Crippen molar-refractivity contribution in [3.8, 4) is 5.75 Å². The smallest absolute Gasteiger partial charge is 0.264 e. The normalized spacial score (nSPS) is 18.6. The highest BCUT2D eigenvalue weighted by atomic mass is 16.6. The average Bonchev–Trinajstić information content (AvgIpc) is 2.96. The highest BCUT2D eigenvalue weighted by Crippen LogP contribution is 2.18. The molecule has 114 valence electrons. The van der Waals surface area contributed by atoms with Crippen molar-refractivity contribution in [3.05, 3.63) is 29.8 Å². The number of hydrogen-bond acceptors (Lipinski definition) is 4. The maximum absolute atomic E-state index is 12.0. The molecule has 1 heterocycles. The molecule has 0 aliphatic carbocycles. The molecule has 2 atom stereocenters. The van der Waals surface area contributed by atoms with Gasteiger partial charge in [0, 0.05) is 18.9 Å². The molecule has 5 nitrogen and oxygen atoms in total. The summed E-state index contributed by atoms with van der Waals surface area (Å²) in [5.41, 5.74) is 1.98. The monoisotopic (exact) mass is 290 g/mol. The first-order chi connectivity index (χ1) is 10.1. The van der Waals surface area contributed by atoms with Crippen LogP contribution in [0.2, 0.25) is 0 Å². The lowest BCUT2D eigenvalue weighted by Crippen LogP contribution is -2.39. The van der Waals surface area contributed by atoms with E-state index in [1.807, 2.05) is 38.1 Å². The quantitative estimate of drug-likeness (QED) is 0.874. The molecule has 1 aromatic rings. The van der Waals surface area contributed by atoms with Crippen LogP contribution < -0.4 is 10.1 Å². The van der Waals surface area contributed by atoms with Gasteiger partial charge in [-0.15, -0.1) is 0 Å². The lowest BCUT2D eigenvalue weighted by molar-refractivity contribution is -0.131. The van der Waals surface area contributed by atoms with Gasteiger partial charge in [0.05, 0.1) is 12.8 Å². The number of amides is 1. The second-order valence-corrected chi connectivity index (χ2v) is 5.30. The molecular formula is C16H22N2O3. The molecule has 21 heavy (non-hydrogen) atoms. The fraction of sp³-hybridized carbons (Fsp3) is 0.500. The Bertz CT molecular complexity index is 528. The summed E-state index contributed by atoms with van der Waals surface area (Å²) in [6.45, 7) is 4.01. The molecule has 0 fully saturated rings. The Labute approximate surface area is 125 Å². The number of nitrogens with zero attached hydrogens (tertiary/aromatic N) is 1. The predicted octanol–water partition coefficient (Wildman–Crippen LogP) is 2.30. The summed E-state index contributed by atoms with van der Waals surface area (Å²) < 4.78 is 5.20. The summed E-state index contributed by atoms with van der Waals surface area (Å²) in [4.78, 5) is 17.2. The summed E-state index contributed by atoms with van der Waals surface area (Å²) in [6.07, 6.45) is 1.61. The van der Waals surface area contributed by atoms with E-state index in [0.29, 0.717) is 12.8 Å². The molecule has 5 heteroatoms. The van der Waals surface area contributed by atoms with Crippen LogP contribution in [0.5, 0.6) is 5.75 Å². The first kappa shape index (κ1) is 15.4. The first-order valence-electron chi connectivity index (χ1n) is 7.27.